The number of halogens is 3. The first-order valence-corrected chi connectivity index (χ1v) is 10.4. The van der Waals surface area contributed by atoms with E-state index in [2.05, 4.69) is 19.9 Å². The van der Waals surface area contributed by atoms with E-state index in [-0.39, 0.29) is 18.1 Å². The van der Waals surface area contributed by atoms with E-state index >= 15 is 0 Å². The molecule has 9 heteroatoms. The molecule has 1 N–H and O–H groups in total. The maximum atomic E-state index is 13.6. The highest BCUT2D eigenvalue weighted by atomic mass is 19.4. The van der Waals surface area contributed by atoms with Crippen LogP contribution in [0, 0.1) is 0 Å². The predicted molar refractivity (Wildman–Crippen MR) is 110 cm³/mol. The Kier molecular flexibility index (Phi) is 5.74. The van der Waals surface area contributed by atoms with Gasteiger partial charge in [0.15, 0.2) is 0 Å². The highest BCUT2D eigenvalue weighted by molar-refractivity contribution is 5.77. The highest BCUT2D eigenvalue weighted by Crippen LogP contribution is 2.36. The molecule has 1 saturated heterocycles. The summed E-state index contributed by atoms with van der Waals surface area (Å²) in [4.78, 5) is 15.1. The molecule has 0 aliphatic carbocycles. The second-order valence-corrected chi connectivity index (χ2v) is 8.63. The Balaban J connectivity index is 1.46. The van der Waals surface area contributed by atoms with Crippen LogP contribution in [0.2, 0.25) is 0 Å². The lowest BCUT2D eigenvalue weighted by atomic mass is 9.91. The van der Waals surface area contributed by atoms with Gasteiger partial charge in [-0.05, 0) is 31.0 Å². The van der Waals surface area contributed by atoms with E-state index in [1.807, 2.05) is 26.2 Å². The molecule has 0 amide bonds. The summed E-state index contributed by atoms with van der Waals surface area (Å²) >= 11 is 0. The van der Waals surface area contributed by atoms with E-state index < -0.39 is 17.5 Å². The van der Waals surface area contributed by atoms with Crippen LogP contribution in [0.15, 0.2) is 36.8 Å². The molecule has 0 saturated carbocycles. The molecule has 0 radical (unpaired) electrons. The molecule has 3 aromatic rings. The molecule has 1 aliphatic heterocycles. The van der Waals surface area contributed by atoms with Crippen molar-refractivity contribution in [3.05, 3.63) is 53.9 Å². The minimum Gasteiger partial charge on any atom is -0.388 e. The van der Waals surface area contributed by atoms with Crippen molar-refractivity contribution in [3.63, 3.8) is 0 Å². The largest absolute Gasteiger partial charge is 0.431 e. The molecule has 1 fully saturated rings. The van der Waals surface area contributed by atoms with Gasteiger partial charge in [0.1, 0.15) is 17.2 Å². The van der Waals surface area contributed by atoms with Gasteiger partial charge in [-0.1, -0.05) is 13.8 Å². The Morgan fingerprint density at radius 1 is 1.13 bits per heavy atom. The quantitative estimate of drug-likeness (QED) is 0.659. The maximum Gasteiger partial charge on any atom is 0.431 e. The van der Waals surface area contributed by atoms with Gasteiger partial charge in [-0.25, -0.2) is 15.0 Å². The van der Waals surface area contributed by atoms with Crippen molar-refractivity contribution in [2.24, 2.45) is 0 Å². The molecule has 166 valence electrons. The normalized spacial score (nSPS) is 17.5. The lowest BCUT2D eigenvalue weighted by molar-refractivity contribution is -0.145. The number of hydrogen-bond acceptors (Lipinski definition) is 5. The van der Waals surface area contributed by atoms with Crippen molar-refractivity contribution >= 4 is 11.0 Å². The molecule has 6 nitrogen and oxygen atoms in total. The maximum absolute atomic E-state index is 13.6. The van der Waals surface area contributed by atoms with Gasteiger partial charge in [0.25, 0.3) is 0 Å². The molecule has 0 aromatic carbocycles. The summed E-state index contributed by atoms with van der Waals surface area (Å²) in [5.41, 5.74) is -0.778. The summed E-state index contributed by atoms with van der Waals surface area (Å²) in [5.74, 6) is 1.06. The summed E-state index contributed by atoms with van der Waals surface area (Å²) in [6.07, 6.45) is 1.34. The van der Waals surface area contributed by atoms with Crippen molar-refractivity contribution in [2.75, 3.05) is 13.1 Å². The number of alkyl halides is 3. The van der Waals surface area contributed by atoms with E-state index in [0.717, 1.165) is 22.0 Å². The lowest BCUT2D eigenvalue weighted by Crippen LogP contribution is -2.46. The summed E-state index contributed by atoms with van der Waals surface area (Å²) < 4.78 is 41.9. The minimum absolute atomic E-state index is 0.137. The van der Waals surface area contributed by atoms with Gasteiger partial charge < -0.3 is 9.67 Å². The number of pyridine rings is 1. The second kappa shape index (κ2) is 8.20. The number of piperidine rings is 1. The van der Waals surface area contributed by atoms with Gasteiger partial charge in [-0.2, -0.15) is 13.2 Å². The van der Waals surface area contributed by atoms with Crippen LogP contribution in [0.5, 0.6) is 0 Å². The van der Waals surface area contributed by atoms with Gasteiger partial charge in [0.2, 0.25) is 0 Å². The number of aliphatic hydroxyl groups is 1. The molecule has 4 rings (SSSR count). The fraction of sp³-hybridized carbons (Fsp3) is 0.500. The number of rotatable bonds is 5. The molecule has 31 heavy (non-hydrogen) atoms. The standard InChI is InChI=1S/C22H26F3N5O/c1-15(2)19-27-11-16(12-28-19)13-29-8-5-21(31,6-9-29)14-30-18(22(23,24)25)10-17-4-3-7-26-20(17)30/h3-4,7,10-12,15,31H,5-6,8-9,13-14H2,1-2H3. The summed E-state index contributed by atoms with van der Waals surface area (Å²) in [6, 6.07) is 4.31. The molecular weight excluding hydrogens is 407 g/mol. The fourth-order valence-electron chi connectivity index (χ4n) is 4.06. The number of hydrogen-bond donors (Lipinski definition) is 1. The highest BCUT2D eigenvalue weighted by Gasteiger charge is 2.39. The monoisotopic (exact) mass is 433 g/mol. The zero-order valence-corrected chi connectivity index (χ0v) is 17.6. The van der Waals surface area contributed by atoms with E-state index in [9.17, 15) is 18.3 Å². The van der Waals surface area contributed by atoms with Crippen molar-refractivity contribution in [2.45, 2.75) is 57.5 Å². The first-order chi connectivity index (χ1) is 14.6. The van der Waals surface area contributed by atoms with Crippen molar-refractivity contribution < 1.29 is 18.3 Å². The third-order valence-electron chi connectivity index (χ3n) is 5.83. The number of nitrogens with zero attached hydrogens (tertiary/aromatic N) is 5. The first-order valence-electron chi connectivity index (χ1n) is 10.4. The first kappa shape index (κ1) is 21.7. The Morgan fingerprint density at radius 2 is 1.81 bits per heavy atom. The Morgan fingerprint density at radius 3 is 2.42 bits per heavy atom. The van der Waals surface area contributed by atoms with E-state index in [0.29, 0.717) is 37.9 Å². The van der Waals surface area contributed by atoms with Gasteiger partial charge >= 0.3 is 6.18 Å². The third-order valence-corrected chi connectivity index (χ3v) is 5.83. The molecule has 0 unspecified atom stereocenters. The second-order valence-electron chi connectivity index (χ2n) is 8.63. The van der Waals surface area contributed by atoms with Gasteiger partial charge in [0, 0.05) is 55.1 Å². The molecular formula is C22H26F3N5O. The smallest absolute Gasteiger partial charge is 0.388 e. The zero-order valence-electron chi connectivity index (χ0n) is 17.6. The zero-order chi connectivity index (χ0) is 22.2. The lowest BCUT2D eigenvalue weighted by Gasteiger charge is -2.38. The predicted octanol–water partition coefficient (Wildman–Crippen LogP) is 4.00. The van der Waals surface area contributed by atoms with E-state index in [1.54, 1.807) is 12.1 Å². The van der Waals surface area contributed by atoms with Crippen molar-refractivity contribution in [3.8, 4) is 0 Å². The van der Waals surface area contributed by atoms with Crippen LogP contribution in [-0.2, 0) is 19.3 Å². The molecule has 1 aliphatic rings. The summed E-state index contributed by atoms with van der Waals surface area (Å²) in [5, 5.41) is 11.5. The third kappa shape index (κ3) is 4.72. The van der Waals surface area contributed by atoms with Crippen LogP contribution in [0.25, 0.3) is 11.0 Å². The van der Waals surface area contributed by atoms with Gasteiger partial charge in [-0.3, -0.25) is 4.90 Å². The molecule has 3 aromatic heterocycles. The van der Waals surface area contributed by atoms with Crippen LogP contribution in [0.1, 0.15) is 49.7 Å². The number of fused-ring (bicyclic) bond motifs is 1. The van der Waals surface area contributed by atoms with E-state index in [1.165, 1.54) is 6.20 Å². The van der Waals surface area contributed by atoms with Crippen LogP contribution in [0.3, 0.4) is 0 Å². The van der Waals surface area contributed by atoms with E-state index in [4.69, 9.17) is 0 Å². The average Bonchev–Trinajstić information content (AvgIpc) is 3.09. The van der Waals surface area contributed by atoms with Gasteiger partial charge in [0.05, 0.1) is 12.1 Å². The van der Waals surface area contributed by atoms with Crippen LogP contribution in [-0.4, -0.2) is 48.2 Å². The molecule has 0 bridgehead atoms. The minimum atomic E-state index is -4.51. The topological polar surface area (TPSA) is 67.1 Å². The van der Waals surface area contributed by atoms with Crippen molar-refractivity contribution in [1.82, 2.24) is 24.4 Å². The van der Waals surface area contributed by atoms with Crippen LogP contribution < -0.4 is 0 Å². The molecule has 0 atom stereocenters. The average molecular weight is 433 g/mol. The number of aromatic nitrogens is 4. The van der Waals surface area contributed by atoms with Gasteiger partial charge in [-0.15, -0.1) is 0 Å². The molecule has 0 spiro atoms. The fourth-order valence-corrected chi connectivity index (χ4v) is 4.06. The Labute approximate surface area is 178 Å². The summed E-state index contributed by atoms with van der Waals surface area (Å²) in [6.45, 7) is 5.74. The summed E-state index contributed by atoms with van der Waals surface area (Å²) in [7, 11) is 0. The molecule has 4 heterocycles. The van der Waals surface area contributed by atoms with Crippen LogP contribution in [0.4, 0.5) is 13.2 Å². The Bertz CT molecular complexity index is 1040. The number of likely N-dealkylation sites (tertiary alicyclic amines) is 1. The SMILES string of the molecule is CC(C)c1ncc(CN2CCC(O)(Cn3c(C(F)(F)F)cc4cccnc43)CC2)cn1. The Hall–Kier alpha value is -2.52. The van der Waals surface area contributed by atoms with Crippen LogP contribution >= 0.6 is 0 Å². The van der Waals surface area contributed by atoms with Crippen molar-refractivity contribution in [1.29, 1.82) is 0 Å².